The second-order valence-electron chi connectivity index (χ2n) is 8.38. The third kappa shape index (κ3) is 3.83. The smallest absolute Gasteiger partial charge is 0.255 e. The van der Waals surface area contributed by atoms with Crippen LogP contribution in [0.15, 0.2) is 65.6 Å². The first-order valence-corrected chi connectivity index (χ1v) is 10.8. The molecule has 31 heavy (non-hydrogen) atoms. The molecule has 3 aromatic rings. The molecule has 5 nitrogen and oxygen atoms in total. The molecule has 0 radical (unpaired) electrons. The fourth-order valence-corrected chi connectivity index (χ4v) is 4.67. The molecule has 2 aromatic carbocycles. The number of anilines is 1. The molecule has 0 saturated carbocycles. The topological polar surface area (TPSA) is 48.7 Å². The van der Waals surface area contributed by atoms with Crippen molar-refractivity contribution in [2.24, 2.45) is 0 Å². The highest BCUT2D eigenvalue weighted by Crippen LogP contribution is 2.33. The fraction of sp³-hybridized carbons (Fsp3) is 0.320. The highest BCUT2D eigenvalue weighted by Gasteiger charge is 2.34. The van der Waals surface area contributed by atoms with Crippen molar-refractivity contribution in [2.45, 2.75) is 18.9 Å². The van der Waals surface area contributed by atoms with E-state index < -0.39 is 0 Å². The summed E-state index contributed by atoms with van der Waals surface area (Å²) in [6.07, 6.45) is 3.41. The van der Waals surface area contributed by atoms with Gasteiger partial charge in [0.2, 0.25) is 0 Å². The molecule has 1 fully saturated rings. The van der Waals surface area contributed by atoms with Crippen molar-refractivity contribution in [3.05, 3.63) is 76.7 Å². The van der Waals surface area contributed by atoms with Crippen molar-refractivity contribution in [1.29, 1.82) is 0 Å². The van der Waals surface area contributed by atoms with Gasteiger partial charge in [0.05, 0.1) is 12.7 Å². The van der Waals surface area contributed by atoms with Crippen molar-refractivity contribution < 1.29 is 9.50 Å². The lowest BCUT2D eigenvalue weighted by molar-refractivity contribution is 0.140. The quantitative estimate of drug-likeness (QED) is 0.663. The van der Waals surface area contributed by atoms with Crippen molar-refractivity contribution in [3.8, 4) is 22.6 Å². The average molecular weight is 420 g/mol. The number of hydrogen-bond donors (Lipinski definition) is 1. The Labute approximate surface area is 181 Å². The molecular weight excluding hydrogens is 393 g/mol. The van der Waals surface area contributed by atoms with Gasteiger partial charge in [-0.3, -0.25) is 18.7 Å². The number of phenols is 1. The van der Waals surface area contributed by atoms with Crippen LogP contribution in [-0.2, 0) is 6.42 Å². The number of phenolic OH excluding ortho intramolecular Hbond substituents is 1. The molecule has 0 aliphatic carbocycles. The van der Waals surface area contributed by atoms with Crippen molar-refractivity contribution in [3.63, 3.8) is 0 Å². The Kier molecular flexibility index (Phi) is 5.24. The summed E-state index contributed by atoms with van der Waals surface area (Å²) in [5, 5.41) is 9.46. The third-order valence-electron chi connectivity index (χ3n) is 6.38. The normalized spacial score (nSPS) is 16.4. The second-order valence-corrected chi connectivity index (χ2v) is 8.38. The molecule has 2 aliphatic rings. The van der Waals surface area contributed by atoms with Gasteiger partial charge < -0.3 is 10.0 Å². The Hall–Kier alpha value is -3.12. The Morgan fingerprint density at radius 3 is 2.55 bits per heavy atom. The van der Waals surface area contributed by atoms with E-state index in [4.69, 9.17) is 0 Å². The molecule has 1 N–H and O–H groups in total. The molecule has 0 bridgehead atoms. The van der Waals surface area contributed by atoms with E-state index in [1.54, 1.807) is 34.9 Å². The number of aromatic hydroxyl groups is 1. The summed E-state index contributed by atoms with van der Waals surface area (Å²) in [5.41, 5.74) is 5.05. The minimum absolute atomic E-state index is 0.0807. The van der Waals surface area contributed by atoms with Crippen LogP contribution in [0, 0.1) is 0 Å². The van der Waals surface area contributed by atoms with E-state index in [1.807, 2.05) is 18.3 Å². The number of likely N-dealkylation sites (tertiary alicyclic amines) is 1. The molecule has 0 spiro atoms. The molecule has 1 saturated heterocycles. The van der Waals surface area contributed by atoms with Gasteiger partial charge >= 0.3 is 0 Å². The van der Waals surface area contributed by atoms with Gasteiger partial charge in [-0.15, -0.1) is 0 Å². The maximum absolute atomic E-state index is 12.8. The molecular formula is C25H26FN3O2. The SMILES string of the molecule is O=c1cc(-c2ccc(O)cc2)ccn1-c1ccc2c(c1)CCN2C1CN(CCCF)C1. The van der Waals surface area contributed by atoms with Crippen molar-refractivity contribution in [1.82, 2.24) is 9.47 Å². The summed E-state index contributed by atoms with van der Waals surface area (Å²) in [5.74, 6) is 0.207. The van der Waals surface area contributed by atoms with Crippen LogP contribution in [0.2, 0.25) is 0 Å². The molecule has 0 unspecified atom stereocenters. The van der Waals surface area contributed by atoms with E-state index in [2.05, 4.69) is 21.9 Å². The van der Waals surface area contributed by atoms with E-state index in [-0.39, 0.29) is 18.0 Å². The zero-order chi connectivity index (χ0) is 21.4. The molecule has 2 aliphatic heterocycles. The van der Waals surface area contributed by atoms with E-state index in [1.165, 1.54) is 11.3 Å². The maximum Gasteiger partial charge on any atom is 0.255 e. The molecule has 3 heterocycles. The zero-order valence-corrected chi connectivity index (χ0v) is 17.4. The number of rotatable bonds is 6. The predicted octanol–water partition coefficient (Wildman–Crippen LogP) is 3.62. The van der Waals surface area contributed by atoms with Crippen LogP contribution in [0.5, 0.6) is 5.75 Å². The Bertz CT molecular complexity index is 1140. The van der Waals surface area contributed by atoms with E-state index >= 15 is 0 Å². The Morgan fingerprint density at radius 2 is 1.81 bits per heavy atom. The zero-order valence-electron chi connectivity index (χ0n) is 17.4. The number of fused-ring (bicyclic) bond motifs is 1. The Balaban J connectivity index is 1.34. The molecule has 0 atom stereocenters. The number of pyridine rings is 1. The number of halogens is 1. The summed E-state index contributed by atoms with van der Waals surface area (Å²) >= 11 is 0. The van der Waals surface area contributed by atoms with Gasteiger partial charge in [-0.05, 0) is 65.9 Å². The van der Waals surface area contributed by atoms with Gasteiger partial charge in [0.25, 0.3) is 5.56 Å². The fourth-order valence-electron chi connectivity index (χ4n) is 4.67. The molecule has 0 amide bonds. The van der Waals surface area contributed by atoms with Crippen LogP contribution < -0.4 is 10.5 Å². The first-order valence-electron chi connectivity index (χ1n) is 10.8. The number of hydrogen-bond acceptors (Lipinski definition) is 4. The predicted molar refractivity (Wildman–Crippen MR) is 121 cm³/mol. The summed E-state index contributed by atoms with van der Waals surface area (Å²) in [7, 11) is 0. The van der Waals surface area contributed by atoms with E-state index in [0.717, 1.165) is 49.4 Å². The summed E-state index contributed by atoms with van der Waals surface area (Å²) in [4.78, 5) is 17.6. The average Bonchev–Trinajstić information content (AvgIpc) is 3.16. The van der Waals surface area contributed by atoms with Crippen LogP contribution >= 0.6 is 0 Å². The number of aromatic nitrogens is 1. The van der Waals surface area contributed by atoms with Crippen molar-refractivity contribution in [2.75, 3.05) is 37.8 Å². The van der Waals surface area contributed by atoms with Crippen LogP contribution in [-0.4, -0.2) is 53.5 Å². The number of benzene rings is 2. The van der Waals surface area contributed by atoms with Gasteiger partial charge in [0.1, 0.15) is 5.75 Å². The minimum Gasteiger partial charge on any atom is -0.508 e. The molecule has 6 heteroatoms. The minimum atomic E-state index is -0.244. The number of nitrogens with zero attached hydrogens (tertiary/aromatic N) is 3. The van der Waals surface area contributed by atoms with E-state index in [0.29, 0.717) is 12.5 Å². The summed E-state index contributed by atoms with van der Waals surface area (Å²) in [6, 6.07) is 17.2. The first kappa shape index (κ1) is 19.8. The summed E-state index contributed by atoms with van der Waals surface area (Å²) < 4.78 is 14.0. The van der Waals surface area contributed by atoms with Crippen LogP contribution in [0.4, 0.5) is 10.1 Å². The second kappa shape index (κ2) is 8.19. The maximum atomic E-state index is 12.8. The lowest BCUT2D eigenvalue weighted by Gasteiger charge is -2.45. The standard InChI is InChI=1S/C25H26FN3O2/c26-10-1-11-27-16-22(17-27)28-12-9-20-14-21(4-7-24(20)28)29-13-8-19(15-25(29)31)18-2-5-23(30)6-3-18/h2-8,13-15,22,30H,1,9-12,16-17H2. The van der Waals surface area contributed by atoms with Gasteiger partial charge in [-0.2, -0.15) is 0 Å². The van der Waals surface area contributed by atoms with Crippen molar-refractivity contribution >= 4 is 5.69 Å². The lowest BCUT2D eigenvalue weighted by atomic mass is 10.1. The van der Waals surface area contributed by atoms with Gasteiger partial charge in [0, 0.05) is 49.8 Å². The monoisotopic (exact) mass is 419 g/mol. The molecule has 160 valence electrons. The Morgan fingerprint density at radius 1 is 1.00 bits per heavy atom. The van der Waals surface area contributed by atoms with Crippen LogP contribution in [0.25, 0.3) is 16.8 Å². The lowest BCUT2D eigenvalue weighted by Crippen LogP contribution is -2.59. The van der Waals surface area contributed by atoms with Gasteiger partial charge in [0.15, 0.2) is 0 Å². The molecule has 1 aromatic heterocycles. The number of alkyl halides is 1. The molecule has 5 rings (SSSR count). The van der Waals surface area contributed by atoms with E-state index in [9.17, 15) is 14.3 Å². The van der Waals surface area contributed by atoms with Gasteiger partial charge in [-0.25, -0.2) is 0 Å². The van der Waals surface area contributed by atoms with Crippen LogP contribution in [0.1, 0.15) is 12.0 Å². The third-order valence-corrected chi connectivity index (χ3v) is 6.38. The largest absolute Gasteiger partial charge is 0.508 e. The summed E-state index contributed by atoms with van der Waals surface area (Å²) in [6.45, 7) is 3.59. The first-order chi connectivity index (χ1) is 15.1. The van der Waals surface area contributed by atoms with Crippen LogP contribution in [0.3, 0.4) is 0 Å². The van der Waals surface area contributed by atoms with Gasteiger partial charge in [-0.1, -0.05) is 12.1 Å². The highest BCUT2D eigenvalue weighted by atomic mass is 19.1. The highest BCUT2D eigenvalue weighted by molar-refractivity contribution is 5.65.